The SMILES string of the molecule is CC12CCC3c4ccc(OP(=O)(O)O)cc4CCC3C1CCC2OCCC(=O)NCCOCCOCC(=O)OC1CCC(N)C(O)C1C(N)=O. The minimum Gasteiger partial charge on any atom is -0.460 e. The number of hydrogen-bond acceptors (Lipinski definition) is 11. The number of carbonyl (C=O) groups is 3. The van der Waals surface area contributed by atoms with Crippen LogP contribution in [0.4, 0.5) is 0 Å². The topological polar surface area (TPSA) is 239 Å². The molecule has 4 aliphatic carbocycles. The molecule has 0 radical (unpaired) electrons. The molecule has 9 unspecified atom stereocenters. The summed E-state index contributed by atoms with van der Waals surface area (Å²) in [4.78, 5) is 54.7. The molecule has 5 rings (SSSR count). The molecule has 1 aromatic rings. The highest BCUT2D eigenvalue weighted by Crippen LogP contribution is 2.61. The van der Waals surface area contributed by atoms with Gasteiger partial charge in [-0.1, -0.05) is 13.0 Å². The van der Waals surface area contributed by atoms with E-state index in [9.17, 15) is 33.8 Å². The van der Waals surface area contributed by atoms with Crippen molar-refractivity contribution in [3.63, 3.8) is 0 Å². The Labute approximate surface area is 292 Å². The average Bonchev–Trinajstić information content (AvgIpc) is 3.39. The standard InChI is InChI=1S/C34H52N3O12P/c1-34-12-10-23-22-5-3-21(49-50(42,43)44)18-20(22)2-4-24(23)25(34)6-9-28(34)47-14-11-29(38)37-13-15-45-16-17-46-19-30(39)48-27-8-7-26(35)32(40)31(27)33(36)41/h3,5,18,23-28,31-32,40H,2,4,6-17,19,35H2,1H3,(H2,36,41)(H,37,38)(H2,42,43,44). The second kappa shape index (κ2) is 16.8. The van der Waals surface area contributed by atoms with Crippen LogP contribution >= 0.6 is 7.82 Å². The Morgan fingerprint density at radius 3 is 2.56 bits per heavy atom. The van der Waals surface area contributed by atoms with Crippen LogP contribution in [0.25, 0.3) is 0 Å². The van der Waals surface area contributed by atoms with Crippen LogP contribution in [0.3, 0.4) is 0 Å². The van der Waals surface area contributed by atoms with E-state index in [0.29, 0.717) is 43.7 Å². The van der Waals surface area contributed by atoms with Crippen molar-refractivity contribution >= 4 is 25.6 Å². The number of aliphatic hydroxyl groups is 1. The van der Waals surface area contributed by atoms with E-state index in [1.807, 2.05) is 6.07 Å². The minimum absolute atomic E-state index is 0.0453. The molecule has 3 fully saturated rings. The summed E-state index contributed by atoms with van der Waals surface area (Å²) >= 11 is 0. The first-order valence-electron chi connectivity index (χ1n) is 17.6. The molecular weight excluding hydrogens is 673 g/mol. The van der Waals surface area contributed by atoms with Crippen molar-refractivity contribution in [1.29, 1.82) is 0 Å². The van der Waals surface area contributed by atoms with Gasteiger partial charge in [-0.15, -0.1) is 0 Å². The second-order valence-corrected chi connectivity index (χ2v) is 15.5. The number of amides is 2. The average molecular weight is 726 g/mol. The van der Waals surface area contributed by atoms with Gasteiger partial charge in [-0.3, -0.25) is 19.4 Å². The Hall–Kier alpha value is -2.62. The molecule has 16 heteroatoms. The third-order valence-corrected chi connectivity index (χ3v) is 11.7. The first-order valence-corrected chi connectivity index (χ1v) is 19.1. The molecule has 0 bridgehead atoms. The third-order valence-electron chi connectivity index (χ3n) is 11.2. The van der Waals surface area contributed by atoms with Crippen molar-refractivity contribution in [2.75, 3.05) is 39.6 Å². The number of aryl methyl sites for hydroxylation is 1. The Bertz CT molecular complexity index is 1410. The van der Waals surface area contributed by atoms with E-state index in [-0.39, 0.29) is 56.0 Å². The lowest BCUT2D eigenvalue weighted by atomic mass is 9.55. The Balaban J connectivity index is 0.934. The smallest absolute Gasteiger partial charge is 0.460 e. The van der Waals surface area contributed by atoms with Crippen LogP contribution < -0.4 is 21.3 Å². The number of phosphoric ester groups is 1. The number of rotatable bonds is 16. The van der Waals surface area contributed by atoms with Crippen LogP contribution in [0.15, 0.2) is 18.2 Å². The van der Waals surface area contributed by atoms with Crippen LogP contribution in [0, 0.1) is 23.2 Å². The number of nitrogens with two attached hydrogens (primary N) is 2. The van der Waals surface area contributed by atoms with Crippen LogP contribution in [-0.4, -0.2) is 96.6 Å². The van der Waals surface area contributed by atoms with Gasteiger partial charge >= 0.3 is 13.8 Å². The van der Waals surface area contributed by atoms with Gasteiger partial charge in [-0.25, -0.2) is 9.36 Å². The Kier molecular flexibility index (Phi) is 13.0. The molecule has 4 aliphatic rings. The van der Waals surface area contributed by atoms with Crippen molar-refractivity contribution in [3.05, 3.63) is 29.3 Å². The number of esters is 1. The van der Waals surface area contributed by atoms with Gasteiger partial charge in [0.05, 0.1) is 38.6 Å². The Morgan fingerprint density at radius 1 is 1.02 bits per heavy atom. The number of hydrogen-bond donors (Lipinski definition) is 6. The van der Waals surface area contributed by atoms with Crippen LogP contribution in [-0.2, 0) is 44.3 Å². The van der Waals surface area contributed by atoms with E-state index in [2.05, 4.69) is 12.2 Å². The summed E-state index contributed by atoms with van der Waals surface area (Å²) in [5, 5.41) is 13.0. The zero-order valence-electron chi connectivity index (χ0n) is 28.6. The lowest BCUT2D eigenvalue weighted by molar-refractivity contribution is -0.166. The maximum Gasteiger partial charge on any atom is 0.524 e. The van der Waals surface area contributed by atoms with Gasteiger partial charge in [0.15, 0.2) is 0 Å². The van der Waals surface area contributed by atoms with E-state index in [1.54, 1.807) is 12.1 Å². The monoisotopic (exact) mass is 725 g/mol. The molecule has 0 aromatic heterocycles. The fourth-order valence-electron chi connectivity index (χ4n) is 8.88. The molecule has 280 valence electrons. The molecule has 0 spiro atoms. The number of aliphatic hydroxyl groups excluding tert-OH is 1. The number of ether oxygens (including phenoxy) is 4. The summed E-state index contributed by atoms with van der Waals surface area (Å²) < 4.78 is 38.5. The van der Waals surface area contributed by atoms with Crippen molar-refractivity contribution in [1.82, 2.24) is 5.32 Å². The van der Waals surface area contributed by atoms with Gasteiger partial charge in [0.2, 0.25) is 11.8 Å². The molecule has 1 aromatic carbocycles. The summed E-state index contributed by atoms with van der Waals surface area (Å²) in [5.74, 6) is -0.969. The highest BCUT2D eigenvalue weighted by atomic mass is 31.2. The summed E-state index contributed by atoms with van der Waals surface area (Å²) in [6.07, 6.45) is 5.01. The van der Waals surface area contributed by atoms with E-state index in [1.165, 1.54) is 5.56 Å². The number of benzene rings is 1. The van der Waals surface area contributed by atoms with E-state index >= 15 is 0 Å². The summed E-state index contributed by atoms with van der Waals surface area (Å²) in [5.41, 5.74) is 13.6. The fourth-order valence-corrected chi connectivity index (χ4v) is 9.27. The normalized spacial score (nSPS) is 31.9. The largest absolute Gasteiger partial charge is 0.524 e. The van der Waals surface area contributed by atoms with Gasteiger partial charge in [-0.05, 0) is 97.8 Å². The molecule has 0 aliphatic heterocycles. The maximum absolute atomic E-state index is 12.4. The van der Waals surface area contributed by atoms with Gasteiger partial charge in [0.1, 0.15) is 24.4 Å². The summed E-state index contributed by atoms with van der Waals surface area (Å²) in [6, 6.07) is 4.81. The highest BCUT2D eigenvalue weighted by Gasteiger charge is 2.55. The summed E-state index contributed by atoms with van der Waals surface area (Å²) in [6.45, 7) is 3.25. The van der Waals surface area contributed by atoms with Gasteiger partial charge < -0.3 is 45.4 Å². The quantitative estimate of drug-likeness (QED) is 0.0805. The molecule has 8 N–H and O–H groups in total. The second-order valence-electron chi connectivity index (χ2n) is 14.3. The van der Waals surface area contributed by atoms with Crippen LogP contribution in [0.2, 0.25) is 0 Å². The first kappa shape index (κ1) is 38.6. The molecule has 0 heterocycles. The number of carbonyl (C=O) groups excluding carboxylic acids is 3. The van der Waals surface area contributed by atoms with E-state index in [0.717, 1.165) is 44.1 Å². The molecule has 3 saturated carbocycles. The predicted molar refractivity (Wildman–Crippen MR) is 179 cm³/mol. The van der Waals surface area contributed by atoms with Crippen molar-refractivity contribution in [2.45, 2.75) is 95.0 Å². The van der Waals surface area contributed by atoms with Crippen molar-refractivity contribution in [2.24, 2.45) is 34.6 Å². The molecular formula is C34H52N3O12P. The molecule has 9 atom stereocenters. The maximum atomic E-state index is 12.4. The third kappa shape index (κ3) is 9.43. The fraction of sp³-hybridized carbons (Fsp3) is 0.735. The molecule has 15 nitrogen and oxygen atoms in total. The van der Waals surface area contributed by atoms with Gasteiger partial charge in [-0.2, -0.15) is 0 Å². The number of primary amides is 1. The molecule has 50 heavy (non-hydrogen) atoms. The van der Waals surface area contributed by atoms with E-state index < -0.39 is 43.9 Å². The highest BCUT2D eigenvalue weighted by molar-refractivity contribution is 7.46. The lowest BCUT2D eigenvalue weighted by Gasteiger charge is -2.50. The summed E-state index contributed by atoms with van der Waals surface area (Å²) in [7, 11) is -4.60. The Morgan fingerprint density at radius 2 is 1.80 bits per heavy atom. The first-order chi connectivity index (χ1) is 23.8. The van der Waals surface area contributed by atoms with Crippen LogP contribution in [0.1, 0.15) is 75.3 Å². The van der Waals surface area contributed by atoms with Gasteiger partial charge in [0, 0.05) is 19.0 Å². The van der Waals surface area contributed by atoms with Crippen LogP contribution in [0.5, 0.6) is 5.75 Å². The lowest BCUT2D eigenvalue weighted by Crippen LogP contribution is -2.55. The number of fused-ring (bicyclic) bond motifs is 5. The zero-order valence-corrected chi connectivity index (χ0v) is 29.5. The van der Waals surface area contributed by atoms with Crippen molar-refractivity contribution in [3.8, 4) is 5.75 Å². The van der Waals surface area contributed by atoms with Crippen molar-refractivity contribution < 1.29 is 57.3 Å². The minimum atomic E-state index is -4.60. The molecule has 0 saturated heterocycles. The number of nitrogens with one attached hydrogen (secondary N) is 1. The predicted octanol–water partition coefficient (Wildman–Crippen LogP) is 1.43. The van der Waals surface area contributed by atoms with Gasteiger partial charge in [0.25, 0.3) is 0 Å². The molecule has 2 amide bonds. The van der Waals surface area contributed by atoms with E-state index in [4.69, 9.17) is 34.9 Å². The number of phosphoric acid groups is 1. The zero-order chi connectivity index (χ0) is 36.1.